The van der Waals surface area contributed by atoms with Gasteiger partial charge in [-0.3, -0.25) is 14.2 Å². The second kappa shape index (κ2) is 8.31. The largest absolute Gasteiger partial charge is 0.443 e. The number of carbonyl (C=O) groups is 2. The van der Waals surface area contributed by atoms with Gasteiger partial charge in [-0.2, -0.15) is 9.97 Å². The summed E-state index contributed by atoms with van der Waals surface area (Å²) in [4.78, 5) is 33.6. The fraction of sp³-hybridized carbons (Fsp3) is 0.333. The Hall–Kier alpha value is -3.13. The topological polar surface area (TPSA) is 86.6 Å². The number of anilines is 1. The number of amides is 1. The normalized spacial score (nSPS) is 11.4. The molecule has 0 saturated carbocycles. The van der Waals surface area contributed by atoms with E-state index in [9.17, 15) is 9.59 Å². The van der Waals surface area contributed by atoms with Gasteiger partial charge in [0.1, 0.15) is 5.75 Å². The minimum atomic E-state index is -0.609. The molecule has 0 atom stereocenters. The molecule has 9 heteroatoms. The van der Waals surface area contributed by atoms with Crippen molar-refractivity contribution in [1.82, 2.24) is 14.5 Å². The third kappa shape index (κ3) is 4.71. The van der Waals surface area contributed by atoms with Crippen LogP contribution in [0.3, 0.4) is 0 Å². The van der Waals surface area contributed by atoms with Gasteiger partial charge in [-0.15, -0.1) is 0 Å². The molecular formula is C21H23ClN4O4. The fourth-order valence-corrected chi connectivity index (χ4v) is 2.74. The maximum absolute atomic E-state index is 12.1. The molecule has 1 amide bonds. The minimum Gasteiger partial charge on any atom is -0.443 e. The molecule has 30 heavy (non-hydrogen) atoms. The van der Waals surface area contributed by atoms with E-state index < -0.39 is 5.41 Å². The average Bonchev–Trinajstić information content (AvgIpc) is 3.07. The van der Waals surface area contributed by atoms with E-state index in [1.165, 1.54) is 11.8 Å². The first kappa shape index (κ1) is 21.6. The second-order valence-corrected chi connectivity index (χ2v) is 8.15. The van der Waals surface area contributed by atoms with Crippen molar-refractivity contribution in [2.45, 2.75) is 34.4 Å². The average molecular weight is 431 g/mol. The van der Waals surface area contributed by atoms with Gasteiger partial charge in [0.2, 0.25) is 17.1 Å². The van der Waals surface area contributed by atoms with Crippen LogP contribution in [0.5, 0.6) is 11.6 Å². The van der Waals surface area contributed by atoms with Gasteiger partial charge in [0.25, 0.3) is 0 Å². The molecule has 1 aromatic carbocycles. The van der Waals surface area contributed by atoms with Crippen molar-refractivity contribution in [1.29, 1.82) is 0 Å². The highest BCUT2D eigenvalue weighted by Gasteiger charge is 2.23. The first-order valence-corrected chi connectivity index (χ1v) is 9.66. The molecule has 2 aromatic heterocycles. The first-order valence-electron chi connectivity index (χ1n) is 9.28. The van der Waals surface area contributed by atoms with Crippen molar-refractivity contribution in [2.24, 2.45) is 5.41 Å². The molecule has 0 radical (unpaired) electrons. The third-order valence-electron chi connectivity index (χ3n) is 4.40. The number of hydrogen-bond donors (Lipinski definition) is 0. The summed E-state index contributed by atoms with van der Waals surface area (Å²) in [5.41, 5.74) is 0.550. The van der Waals surface area contributed by atoms with Crippen molar-refractivity contribution in [3.8, 4) is 11.6 Å². The molecule has 0 aliphatic rings. The van der Waals surface area contributed by atoms with Gasteiger partial charge >= 0.3 is 5.97 Å². The Morgan fingerprint density at radius 2 is 1.93 bits per heavy atom. The highest BCUT2D eigenvalue weighted by Crippen LogP contribution is 2.31. The van der Waals surface area contributed by atoms with Crippen molar-refractivity contribution < 1.29 is 19.1 Å². The van der Waals surface area contributed by atoms with Crippen LogP contribution < -0.4 is 9.64 Å². The number of rotatable bonds is 5. The van der Waals surface area contributed by atoms with Crippen LogP contribution >= 0.6 is 11.6 Å². The van der Waals surface area contributed by atoms with Crippen LogP contribution in [0, 0.1) is 5.41 Å². The molecule has 0 fully saturated rings. The molecule has 0 bridgehead atoms. The quantitative estimate of drug-likeness (QED) is 0.440. The van der Waals surface area contributed by atoms with Gasteiger partial charge in [0.15, 0.2) is 12.4 Å². The van der Waals surface area contributed by atoms with E-state index in [-0.39, 0.29) is 29.8 Å². The maximum Gasteiger partial charge on any atom is 0.312 e. The van der Waals surface area contributed by atoms with E-state index in [1.54, 1.807) is 68.9 Å². The summed E-state index contributed by atoms with van der Waals surface area (Å²) in [5, 5.41) is 0.605. The van der Waals surface area contributed by atoms with Gasteiger partial charge in [-0.05, 0) is 50.6 Å². The highest BCUT2D eigenvalue weighted by atomic mass is 35.5. The van der Waals surface area contributed by atoms with Crippen molar-refractivity contribution in [3.63, 3.8) is 0 Å². The molecule has 8 nitrogen and oxygen atoms in total. The van der Waals surface area contributed by atoms with Gasteiger partial charge in [0.05, 0.1) is 10.8 Å². The van der Waals surface area contributed by atoms with Gasteiger partial charge in [-0.1, -0.05) is 6.07 Å². The molecule has 0 aliphatic carbocycles. The van der Waals surface area contributed by atoms with Crippen LogP contribution in [-0.2, 0) is 21.1 Å². The number of ether oxygens (including phenoxy) is 2. The zero-order valence-corrected chi connectivity index (χ0v) is 18.2. The van der Waals surface area contributed by atoms with Crippen LogP contribution in [-0.4, -0.2) is 33.5 Å². The Morgan fingerprint density at radius 1 is 1.20 bits per heavy atom. The van der Waals surface area contributed by atoms with Crippen LogP contribution in [0.25, 0.3) is 11.0 Å². The lowest BCUT2D eigenvalue weighted by molar-refractivity contribution is -0.156. The molecule has 2 heterocycles. The Labute approximate surface area is 179 Å². The summed E-state index contributed by atoms with van der Waals surface area (Å²) < 4.78 is 13.0. The van der Waals surface area contributed by atoms with Gasteiger partial charge in [-0.25, -0.2) is 0 Å². The number of nitrogens with zero attached hydrogens (tertiary/aromatic N) is 4. The molecule has 3 rings (SSSR count). The van der Waals surface area contributed by atoms with E-state index in [2.05, 4.69) is 9.97 Å². The third-order valence-corrected chi connectivity index (χ3v) is 4.56. The second-order valence-electron chi connectivity index (χ2n) is 7.81. The number of benzene rings is 1. The molecule has 0 unspecified atom stereocenters. The lowest BCUT2D eigenvalue weighted by atomic mass is 9.98. The van der Waals surface area contributed by atoms with E-state index in [0.717, 1.165) is 0 Å². The smallest absolute Gasteiger partial charge is 0.312 e. The molecular weight excluding hydrogens is 408 g/mol. The fourth-order valence-electron chi connectivity index (χ4n) is 2.59. The zero-order chi connectivity index (χ0) is 22.1. The number of fused-ring (bicyclic) bond motifs is 1. The highest BCUT2D eigenvalue weighted by molar-refractivity contribution is 6.28. The molecule has 0 spiro atoms. The Balaban J connectivity index is 1.89. The maximum atomic E-state index is 12.1. The Morgan fingerprint density at radius 3 is 2.60 bits per heavy atom. The molecule has 3 aromatic rings. The van der Waals surface area contributed by atoms with Crippen LogP contribution in [0.1, 0.15) is 27.7 Å². The summed E-state index contributed by atoms with van der Waals surface area (Å²) >= 11 is 6.10. The number of halogens is 1. The summed E-state index contributed by atoms with van der Waals surface area (Å²) in [6.45, 7) is 6.82. The van der Waals surface area contributed by atoms with E-state index in [4.69, 9.17) is 21.1 Å². The lowest BCUT2D eigenvalue weighted by Crippen LogP contribution is -2.23. The first-order chi connectivity index (χ1) is 14.1. The van der Waals surface area contributed by atoms with Crippen LogP contribution in [0.15, 0.2) is 36.5 Å². The summed E-state index contributed by atoms with van der Waals surface area (Å²) in [7, 11) is 1.68. The summed E-state index contributed by atoms with van der Waals surface area (Å²) in [6.07, 6.45) is 1.72. The number of carbonyl (C=O) groups excluding carboxylic acids is 2. The summed E-state index contributed by atoms with van der Waals surface area (Å²) in [5.74, 6) is 0.325. The number of aromatic nitrogens is 3. The van der Waals surface area contributed by atoms with Gasteiger partial charge in [0, 0.05) is 31.9 Å². The minimum absolute atomic E-state index is 0.00314. The van der Waals surface area contributed by atoms with Crippen molar-refractivity contribution in [2.75, 3.05) is 11.9 Å². The SMILES string of the molecule is CC(=O)N(C)c1cccc(Oc2nc(Cl)nc3c2ccn3COC(=O)C(C)(C)C)c1. The standard InChI is InChI=1S/C21H23ClN4O4/c1-13(27)25(5)14-7-6-8-15(11-14)30-18-16-9-10-26(17(16)23-20(22)24-18)12-29-19(28)21(2,3)4/h6-11H,12H2,1-5H3. The number of hydrogen-bond acceptors (Lipinski definition) is 6. The molecule has 0 N–H and O–H groups in total. The van der Waals surface area contributed by atoms with E-state index >= 15 is 0 Å². The Bertz CT molecular complexity index is 1100. The van der Waals surface area contributed by atoms with E-state index in [0.29, 0.717) is 22.5 Å². The zero-order valence-electron chi connectivity index (χ0n) is 17.5. The summed E-state index contributed by atoms with van der Waals surface area (Å²) in [6, 6.07) is 8.82. The Kier molecular flexibility index (Phi) is 5.98. The molecule has 0 aliphatic heterocycles. The molecule has 0 saturated heterocycles. The monoisotopic (exact) mass is 430 g/mol. The molecule has 158 valence electrons. The predicted octanol–water partition coefficient (Wildman–Crippen LogP) is 4.41. The van der Waals surface area contributed by atoms with Crippen molar-refractivity contribution in [3.05, 3.63) is 41.8 Å². The number of esters is 1. The van der Waals surface area contributed by atoms with E-state index in [1.807, 2.05) is 0 Å². The van der Waals surface area contributed by atoms with Gasteiger partial charge < -0.3 is 14.4 Å². The van der Waals surface area contributed by atoms with Crippen molar-refractivity contribution >= 4 is 40.2 Å². The lowest BCUT2D eigenvalue weighted by Gasteiger charge is -2.17. The van der Waals surface area contributed by atoms with Crippen LogP contribution in [0.4, 0.5) is 5.69 Å². The van der Waals surface area contributed by atoms with Crippen LogP contribution in [0.2, 0.25) is 5.28 Å². The predicted molar refractivity (Wildman–Crippen MR) is 114 cm³/mol.